The first-order chi connectivity index (χ1) is 13.9. The number of esters is 1. The molecule has 1 N–H and O–H groups in total. The number of para-hydroxylation sites is 3. The highest BCUT2D eigenvalue weighted by Gasteiger charge is 2.37. The van der Waals surface area contributed by atoms with Crippen LogP contribution < -0.4 is 15.0 Å². The predicted octanol–water partition coefficient (Wildman–Crippen LogP) is 2.85. The Balaban J connectivity index is 1.58. The van der Waals surface area contributed by atoms with E-state index >= 15 is 0 Å². The normalized spacial score (nSPS) is 15.9. The van der Waals surface area contributed by atoms with E-state index in [4.69, 9.17) is 9.47 Å². The van der Waals surface area contributed by atoms with Gasteiger partial charge in [0.25, 0.3) is 5.91 Å². The van der Waals surface area contributed by atoms with Crippen LogP contribution in [0.5, 0.6) is 5.75 Å². The molecule has 0 spiro atoms. The SMILES string of the molecule is COc1ccccc1NC(=O)COC(=O)[C@@H]1CC(=O)N(c2c(C)cccc2C)C1. The van der Waals surface area contributed by atoms with Crippen molar-refractivity contribution < 1.29 is 23.9 Å². The second-order valence-corrected chi connectivity index (χ2v) is 7.00. The molecule has 2 aromatic carbocycles. The molecule has 0 unspecified atom stereocenters. The summed E-state index contributed by atoms with van der Waals surface area (Å²) >= 11 is 0. The molecule has 2 aromatic rings. The Labute approximate surface area is 169 Å². The Bertz CT molecular complexity index is 920. The summed E-state index contributed by atoms with van der Waals surface area (Å²) in [7, 11) is 1.50. The third-order valence-corrected chi connectivity index (χ3v) is 4.89. The summed E-state index contributed by atoms with van der Waals surface area (Å²) in [6.45, 7) is 3.69. The van der Waals surface area contributed by atoms with Crippen molar-refractivity contribution in [1.29, 1.82) is 0 Å². The summed E-state index contributed by atoms with van der Waals surface area (Å²) in [6, 6.07) is 12.8. The third-order valence-electron chi connectivity index (χ3n) is 4.89. The number of methoxy groups -OCH3 is 1. The van der Waals surface area contributed by atoms with E-state index < -0.39 is 24.4 Å². The van der Waals surface area contributed by atoms with Gasteiger partial charge in [-0.25, -0.2) is 0 Å². The van der Waals surface area contributed by atoms with Crippen LogP contribution in [-0.2, 0) is 19.1 Å². The highest BCUT2D eigenvalue weighted by molar-refractivity contribution is 6.01. The van der Waals surface area contributed by atoms with Gasteiger partial charge in [-0.15, -0.1) is 0 Å². The predicted molar refractivity (Wildman–Crippen MR) is 109 cm³/mol. The van der Waals surface area contributed by atoms with Crippen LogP contribution in [0.4, 0.5) is 11.4 Å². The minimum atomic E-state index is -0.597. The number of aryl methyl sites for hydroxylation is 2. The molecule has 0 aliphatic carbocycles. The van der Waals surface area contributed by atoms with E-state index in [2.05, 4.69) is 5.32 Å². The number of hydrogen-bond donors (Lipinski definition) is 1. The van der Waals surface area contributed by atoms with Crippen LogP contribution in [0.1, 0.15) is 17.5 Å². The number of carbonyl (C=O) groups is 3. The number of ether oxygens (including phenoxy) is 2. The fourth-order valence-corrected chi connectivity index (χ4v) is 3.50. The maximum absolute atomic E-state index is 12.5. The molecule has 0 saturated carbocycles. The molecule has 1 saturated heterocycles. The number of nitrogens with one attached hydrogen (secondary N) is 1. The lowest BCUT2D eigenvalue weighted by Gasteiger charge is -2.21. The van der Waals surface area contributed by atoms with Gasteiger partial charge in [0.1, 0.15) is 5.75 Å². The number of nitrogens with zero attached hydrogens (tertiary/aromatic N) is 1. The molecule has 1 aliphatic rings. The van der Waals surface area contributed by atoms with Gasteiger partial charge in [-0.3, -0.25) is 14.4 Å². The molecule has 152 valence electrons. The summed E-state index contributed by atoms with van der Waals surface area (Å²) in [5.74, 6) is -1.23. The maximum atomic E-state index is 12.5. The van der Waals surface area contributed by atoms with Crippen molar-refractivity contribution in [2.24, 2.45) is 5.92 Å². The van der Waals surface area contributed by atoms with Gasteiger partial charge in [0.05, 0.1) is 18.7 Å². The van der Waals surface area contributed by atoms with Gasteiger partial charge in [-0.05, 0) is 37.1 Å². The van der Waals surface area contributed by atoms with Crippen LogP contribution in [0.3, 0.4) is 0 Å². The van der Waals surface area contributed by atoms with Crippen LogP contribution in [0, 0.1) is 19.8 Å². The average Bonchev–Trinajstić information content (AvgIpc) is 3.08. The zero-order valence-corrected chi connectivity index (χ0v) is 16.7. The molecule has 29 heavy (non-hydrogen) atoms. The van der Waals surface area contributed by atoms with E-state index in [1.54, 1.807) is 29.2 Å². The Morgan fingerprint density at radius 2 is 1.79 bits per heavy atom. The number of anilines is 2. The van der Waals surface area contributed by atoms with Crippen LogP contribution in [0.25, 0.3) is 0 Å². The lowest BCUT2D eigenvalue weighted by molar-refractivity contribution is -0.151. The van der Waals surface area contributed by atoms with Crippen molar-refractivity contribution in [3.8, 4) is 5.75 Å². The molecule has 1 heterocycles. The van der Waals surface area contributed by atoms with Crippen LogP contribution >= 0.6 is 0 Å². The van der Waals surface area contributed by atoms with E-state index in [9.17, 15) is 14.4 Å². The van der Waals surface area contributed by atoms with Crippen molar-refractivity contribution in [3.05, 3.63) is 53.6 Å². The van der Waals surface area contributed by atoms with Gasteiger partial charge >= 0.3 is 5.97 Å². The molecule has 7 heteroatoms. The zero-order valence-electron chi connectivity index (χ0n) is 16.7. The van der Waals surface area contributed by atoms with Crippen molar-refractivity contribution >= 4 is 29.2 Å². The first-order valence-electron chi connectivity index (χ1n) is 9.36. The summed E-state index contributed by atoms with van der Waals surface area (Å²) < 4.78 is 10.3. The highest BCUT2D eigenvalue weighted by atomic mass is 16.5. The maximum Gasteiger partial charge on any atom is 0.311 e. The second-order valence-electron chi connectivity index (χ2n) is 7.00. The second kappa shape index (κ2) is 8.77. The quantitative estimate of drug-likeness (QED) is 0.759. The lowest BCUT2D eigenvalue weighted by Crippen LogP contribution is -2.29. The molecule has 2 amide bonds. The molecular weight excluding hydrogens is 372 g/mol. The molecule has 1 fully saturated rings. The van der Waals surface area contributed by atoms with E-state index in [1.807, 2.05) is 32.0 Å². The number of carbonyl (C=O) groups excluding carboxylic acids is 3. The first kappa shape index (κ1) is 20.4. The van der Waals surface area contributed by atoms with Gasteiger partial charge in [0.15, 0.2) is 6.61 Å². The third kappa shape index (κ3) is 4.56. The van der Waals surface area contributed by atoms with Crippen molar-refractivity contribution in [2.75, 3.05) is 30.5 Å². The Hall–Kier alpha value is -3.35. The summed E-state index contributed by atoms with van der Waals surface area (Å²) in [6.07, 6.45) is 0.0702. The standard InChI is InChI=1S/C22H24N2O5/c1-14-7-6-8-15(2)21(14)24-12-16(11-20(24)26)22(27)29-13-19(25)23-17-9-4-5-10-18(17)28-3/h4-10,16H,11-13H2,1-3H3,(H,23,25)/t16-/m1/s1. The monoisotopic (exact) mass is 396 g/mol. The van der Waals surface area contributed by atoms with E-state index in [-0.39, 0.29) is 18.9 Å². The van der Waals surface area contributed by atoms with Crippen molar-refractivity contribution in [1.82, 2.24) is 0 Å². The fraction of sp³-hybridized carbons (Fsp3) is 0.318. The minimum absolute atomic E-state index is 0.0702. The van der Waals surface area contributed by atoms with Gasteiger partial charge < -0.3 is 19.7 Å². The summed E-state index contributed by atoms with van der Waals surface area (Å²) in [5, 5.41) is 2.65. The molecule has 0 bridgehead atoms. The Kier molecular flexibility index (Phi) is 6.16. The van der Waals surface area contributed by atoms with E-state index in [0.717, 1.165) is 16.8 Å². The van der Waals surface area contributed by atoms with Crippen molar-refractivity contribution in [2.45, 2.75) is 20.3 Å². The number of amides is 2. The molecular formula is C22H24N2O5. The molecule has 1 aliphatic heterocycles. The average molecular weight is 396 g/mol. The van der Waals surface area contributed by atoms with Gasteiger partial charge in [-0.2, -0.15) is 0 Å². The van der Waals surface area contributed by atoms with Crippen LogP contribution in [0.15, 0.2) is 42.5 Å². The molecule has 7 nitrogen and oxygen atoms in total. The minimum Gasteiger partial charge on any atom is -0.495 e. The number of rotatable bonds is 6. The van der Waals surface area contributed by atoms with Gasteiger partial charge in [0, 0.05) is 18.7 Å². The number of benzene rings is 2. The topological polar surface area (TPSA) is 84.9 Å². The van der Waals surface area contributed by atoms with Crippen molar-refractivity contribution in [3.63, 3.8) is 0 Å². The van der Waals surface area contributed by atoms with Crippen LogP contribution in [0.2, 0.25) is 0 Å². The smallest absolute Gasteiger partial charge is 0.311 e. The molecule has 3 rings (SSSR count). The Morgan fingerprint density at radius 1 is 1.10 bits per heavy atom. The molecule has 0 aromatic heterocycles. The highest BCUT2D eigenvalue weighted by Crippen LogP contribution is 2.31. The Morgan fingerprint density at radius 3 is 2.48 bits per heavy atom. The molecule has 0 radical (unpaired) electrons. The number of hydrogen-bond acceptors (Lipinski definition) is 5. The van der Waals surface area contributed by atoms with E-state index in [1.165, 1.54) is 7.11 Å². The lowest BCUT2D eigenvalue weighted by atomic mass is 10.1. The van der Waals surface area contributed by atoms with E-state index in [0.29, 0.717) is 11.4 Å². The fourth-order valence-electron chi connectivity index (χ4n) is 3.50. The van der Waals surface area contributed by atoms with Gasteiger partial charge in [0.2, 0.25) is 5.91 Å². The van der Waals surface area contributed by atoms with Gasteiger partial charge in [-0.1, -0.05) is 30.3 Å². The first-order valence-corrected chi connectivity index (χ1v) is 9.36. The largest absolute Gasteiger partial charge is 0.495 e. The van der Waals surface area contributed by atoms with Crippen LogP contribution in [-0.4, -0.2) is 38.0 Å². The summed E-state index contributed by atoms with van der Waals surface area (Å²) in [4.78, 5) is 38.6. The summed E-state index contributed by atoms with van der Waals surface area (Å²) in [5.41, 5.74) is 3.28. The zero-order chi connectivity index (χ0) is 21.0. The molecule has 1 atom stereocenters.